The lowest BCUT2D eigenvalue weighted by Crippen LogP contribution is -1.87. The molecule has 0 aromatic heterocycles. The summed E-state index contributed by atoms with van der Waals surface area (Å²) in [5.41, 5.74) is 1.42. The molecule has 0 atom stereocenters. The first kappa shape index (κ1) is 5.83. The highest BCUT2D eigenvalue weighted by Crippen LogP contribution is 2.16. The van der Waals surface area contributed by atoms with Crippen LogP contribution in [0.3, 0.4) is 0 Å². The molecule has 8 heavy (non-hydrogen) atoms. The van der Waals surface area contributed by atoms with Gasteiger partial charge in [0, 0.05) is 0 Å². The van der Waals surface area contributed by atoms with Crippen LogP contribution in [-0.2, 0) is 4.74 Å². The molecule has 0 aromatic carbocycles. The smallest absolute Gasteiger partial charge is 0.0705 e. The molecule has 1 heteroatoms. The molecule has 1 rings (SSSR count). The monoisotopic (exact) mass is 111 g/mol. The molecule has 1 nitrogen and oxygen atoms in total. The minimum Gasteiger partial charge on any atom is -0.375 e. The second-order valence-electron chi connectivity index (χ2n) is 2.10. The molecule has 0 aromatic rings. The van der Waals surface area contributed by atoms with Gasteiger partial charge in [-0.1, -0.05) is 6.08 Å². The van der Waals surface area contributed by atoms with Crippen LogP contribution >= 0.6 is 0 Å². The zero-order valence-electron chi connectivity index (χ0n) is 5.02. The molecule has 0 bridgehead atoms. The minimum atomic E-state index is 0.736. The third-order valence-corrected chi connectivity index (χ3v) is 1.42. The molecule has 0 heterocycles. The highest BCUT2D eigenvalue weighted by atomic mass is 16.5. The summed E-state index contributed by atoms with van der Waals surface area (Å²) in [5.74, 6) is 0. The van der Waals surface area contributed by atoms with Crippen LogP contribution in [0.1, 0.15) is 19.3 Å². The van der Waals surface area contributed by atoms with E-state index in [1.807, 2.05) is 0 Å². The van der Waals surface area contributed by atoms with Crippen LogP contribution in [0.4, 0.5) is 0 Å². The molecular formula is C7H11O. The lowest BCUT2D eigenvalue weighted by Gasteiger charge is -1.95. The van der Waals surface area contributed by atoms with Gasteiger partial charge in [-0.3, -0.25) is 0 Å². The molecule has 0 amide bonds. The Morgan fingerprint density at radius 2 is 2.62 bits per heavy atom. The third-order valence-electron chi connectivity index (χ3n) is 1.42. The predicted molar refractivity (Wildman–Crippen MR) is 33.2 cm³/mol. The number of rotatable bonds is 2. The Kier molecular flexibility index (Phi) is 2.10. The lowest BCUT2D eigenvalue weighted by molar-refractivity contribution is 0.270. The van der Waals surface area contributed by atoms with Gasteiger partial charge in [-0.05, 0) is 24.8 Å². The zero-order chi connectivity index (χ0) is 5.82. The van der Waals surface area contributed by atoms with Crippen LogP contribution in [0.15, 0.2) is 11.6 Å². The van der Waals surface area contributed by atoms with Crippen LogP contribution in [0.25, 0.3) is 0 Å². The van der Waals surface area contributed by atoms with Gasteiger partial charge in [-0.2, -0.15) is 0 Å². The predicted octanol–water partition coefficient (Wildman–Crippen LogP) is 1.90. The van der Waals surface area contributed by atoms with Gasteiger partial charge in [0.15, 0.2) is 0 Å². The number of hydrogen-bond acceptors (Lipinski definition) is 1. The summed E-state index contributed by atoms with van der Waals surface area (Å²) in [5, 5.41) is 0. The van der Waals surface area contributed by atoms with Gasteiger partial charge in [0.1, 0.15) is 0 Å². The maximum absolute atomic E-state index is 4.71. The summed E-state index contributed by atoms with van der Waals surface area (Å²) in [6.45, 7) is 0.736. The third kappa shape index (κ3) is 1.34. The van der Waals surface area contributed by atoms with E-state index in [0.717, 1.165) is 6.61 Å². The van der Waals surface area contributed by atoms with Crippen LogP contribution in [0.5, 0.6) is 0 Å². The van der Waals surface area contributed by atoms with Gasteiger partial charge in [0.2, 0.25) is 0 Å². The van der Waals surface area contributed by atoms with Crippen LogP contribution < -0.4 is 0 Å². The zero-order valence-corrected chi connectivity index (χ0v) is 5.02. The molecule has 0 saturated carbocycles. The molecule has 1 radical (unpaired) electrons. The molecule has 0 spiro atoms. The highest BCUT2D eigenvalue weighted by molar-refractivity contribution is 5.07. The van der Waals surface area contributed by atoms with E-state index in [1.54, 1.807) is 0 Å². The topological polar surface area (TPSA) is 9.23 Å². The Morgan fingerprint density at radius 3 is 3.12 bits per heavy atom. The van der Waals surface area contributed by atoms with Gasteiger partial charge in [0.25, 0.3) is 0 Å². The minimum absolute atomic E-state index is 0.736. The van der Waals surface area contributed by atoms with Crippen molar-refractivity contribution >= 4 is 0 Å². The summed E-state index contributed by atoms with van der Waals surface area (Å²) in [6.07, 6.45) is 6.00. The fraction of sp³-hybridized carbons (Fsp3) is 0.571. The van der Waals surface area contributed by atoms with Crippen molar-refractivity contribution in [2.45, 2.75) is 19.3 Å². The fourth-order valence-electron chi connectivity index (χ4n) is 1.000. The van der Waals surface area contributed by atoms with Crippen LogP contribution in [0.2, 0.25) is 0 Å². The Balaban J connectivity index is 2.23. The average Bonchev–Trinajstić information content (AvgIpc) is 2.19. The largest absolute Gasteiger partial charge is 0.375 e. The van der Waals surface area contributed by atoms with E-state index in [2.05, 4.69) is 13.2 Å². The van der Waals surface area contributed by atoms with Gasteiger partial charge < -0.3 is 4.74 Å². The van der Waals surface area contributed by atoms with Crippen LogP contribution in [0, 0.1) is 7.11 Å². The van der Waals surface area contributed by atoms with Gasteiger partial charge in [-0.25, -0.2) is 0 Å². The Bertz CT molecular complexity index is 94.6. The number of allylic oxidation sites excluding steroid dienone is 1. The van der Waals surface area contributed by atoms with E-state index < -0.39 is 0 Å². The summed E-state index contributed by atoms with van der Waals surface area (Å²) in [7, 11) is 3.31. The van der Waals surface area contributed by atoms with Gasteiger partial charge in [-0.15, -0.1) is 0 Å². The first-order valence-corrected chi connectivity index (χ1v) is 2.98. The SMILES string of the molecule is [CH2]OCC1=CCCC1. The van der Waals surface area contributed by atoms with Crippen LogP contribution in [-0.4, -0.2) is 6.61 Å². The van der Waals surface area contributed by atoms with Crippen molar-refractivity contribution < 1.29 is 4.74 Å². The van der Waals surface area contributed by atoms with E-state index in [-0.39, 0.29) is 0 Å². The highest BCUT2D eigenvalue weighted by Gasteiger charge is 2.01. The lowest BCUT2D eigenvalue weighted by atomic mass is 10.2. The summed E-state index contributed by atoms with van der Waals surface area (Å²) < 4.78 is 4.71. The quantitative estimate of drug-likeness (QED) is 0.494. The standard InChI is InChI=1S/C7H11O/c1-8-6-7-4-2-3-5-7/h4H,1-3,5-6H2. The van der Waals surface area contributed by atoms with Crippen molar-refractivity contribution in [2.24, 2.45) is 0 Å². The Labute approximate surface area is 50.3 Å². The molecular weight excluding hydrogens is 100 g/mol. The van der Waals surface area contributed by atoms with Crippen molar-refractivity contribution in [3.63, 3.8) is 0 Å². The van der Waals surface area contributed by atoms with E-state index in [9.17, 15) is 0 Å². The van der Waals surface area contributed by atoms with Crippen molar-refractivity contribution in [1.82, 2.24) is 0 Å². The number of ether oxygens (including phenoxy) is 1. The molecule has 0 unspecified atom stereocenters. The molecule has 0 aliphatic heterocycles. The van der Waals surface area contributed by atoms with Gasteiger partial charge >= 0.3 is 0 Å². The van der Waals surface area contributed by atoms with Crippen molar-refractivity contribution in [3.05, 3.63) is 18.8 Å². The second kappa shape index (κ2) is 2.88. The Morgan fingerprint density at radius 1 is 1.75 bits per heavy atom. The van der Waals surface area contributed by atoms with E-state index in [0.29, 0.717) is 0 Å². The molecule has 0 saturated heterocycles. The first-order valence-electron chi connectivity index (χ1n) is 2.98. The van der Waals surface area contributed by atoms with Crippen molar-refractivity contribution in [3.8, 4) is 0 Å². The first-order chi connectivity index (χ1) is 3.93. The van der Waals surface area contributed by atoms with E-state index in [4.69, 9.17) is 4.74 Å². The van der Waals surface area contributed by atoms with E-state index in [1.165, 1.54) is 24.8 Å². The summed E-state index contributed by atoms with van der Waals surface area (Å²) in [6, 6.07) is 0. The molecule has 45 valence electrons. The molecule has 0 N–H and O–H groups in total. The summed E-state index contributed by atoms with van der Waals surface area (Å²) >= 11 is 0. The second-order valence-corrected chi connectivity index (χ2v) is 2.10. The molecule has 1 aliphatic rings. The average molecular weight is 111 g/mol. The van der Waals surface area contributed by atoms with Crippen molar-refractivity contribution in [1.29, 1.82) is 0 Å². The normalized spacial score (nSPS) is 18.9. The number of hydrogen-bond donors (Lipinski definition) is 0. The fourth-order valence-corrected chi connectivity index (χ4v) is 1.000. The summed E-state index contributed by atoms with van der Waals surface area (Å²) in [4.78, 5) is 0. The molecule has 0 fully saturated rings. The molecule has 1 aliphatic carbocycles. The maximum atomic E-state index is 4.71. The maximum Gasteiger partial charge on any atom is 0.0705 e. The Hall–Kier alpha value is -0.300. The van der Waals surface area contributed by atoms with Gasteiger partial charge in [0.05, 0.1) is 13.7 Å². The van der Waals surface area contributed by atoms with Crippen molar-refractivity contribution in [2.75, 3.05) is 6.61 Å². The van der Waals surface area contributed by atoms with E-state index >= 15 is 0 Å².